The molecule has 0 unspecified atom stereocenters. The molecule has 0 atom stereocenters. The average Bonchev–Trinajstić information content (AvgIpc) is 2.81. The molecule has 2 aromatic carbocycles. The maximum absolute atomic E-state index is 12.9. The van der Waals surface area contributed by atoms with Crippen LogP contribution in [0.25, 0.3) is 0 Å². The Labute approximate surface area is 144 Å². The molecular weight excluding hydrogens is 323 g/mol. The topological polar surface area (TPSA) is 66.5 Å². The number of anilines is 1. The molecule has 0 aromatic heterocycles. The summed E-state index contributed by atoms with van der Waals surface area (Å²) >= 11 is 0. The molecule has 128 valence electrons. The molecule has 1 heterocycles. The summed E-state index contributed by atoms with van der Waals surface area (Å²) < 4.78 is 12.9. The number of benzene rings is 2. The molecule has 0 saturated heterocycles. The lowest BCUT2D eigenvalue weighted by molar-refractivity contribution is 0.0636. The number of hydrogen-bond donors (Lipinski definition) is 1. The lowest BCUT2D eigenvalue weighted by Gasteiger charge is -2.15. The third kappa shape index (κ3) is 3.28. The number of hydrogen-bond acceptors (Lipinski definition) is 3. The second-order valence-electron chi connectivity index (χ2n) is 6.34. The van der Waals surface area contributed by atoms with Crippen LogP contribution in [-0.2, 0) is 0 Å². The van der Waals surface area contributed by atoms with E-state index in [0.717, 1.165) is 0 Å². The highest BCUT2D eigenvalue weighted by Crippen LogP contribution is 2.25. The molecule has 0 fully saturated rings. The van der Waals surface area contributed by atoms with Crippen molar-refractivity contribution in [2.24, 2.45) is 5.92 Å². The van der Waals surface area contributed by atoms with Crippen molar-refractivity contribution in [3.05, 3.63) is 65.0 Å². The van der Waals surface area contributed by atoms with Gasteiger partial charge in [-0.15, -0.1) is 0 Å². The van der Waals surface area contributed by atoms with Crippen molar-refractivity contribution in [2.45, 2.75) is 13.8 Å². The lowest BCUT2D eigenvalue weighted by Crippen LogP contribution is -2.33. The number of amides is 3. The minimum absolute atomic E-state index is 0.156. The molecule has 0 saturated carbocycles. The Bertz CT molecular complexity index is 859. The predicted octanol–water partition coefficient (Wildman–Crippen LogP) is 3.33. The number of halogens is 1. The van der Waals surface area contributed by atoms with Crippen molar-refractivity contribution >= 4 is 23.4 Å². The smallest absolute Gasteiger partial charge is 0.261 e. The molecule has 0 spiro atoms. The number of nitrogens with one attached hydrogen (secondary N) is 1. The van der Waals surface area contributed by atoms with Gasteiger partial charge in [0.25, 0.3) is 17.7 Å². The zero-order valence-corrected chi connectivity index (χ0v) is 13.9. The van der Waals surface area contributed by atoms with E-state index in [9.17, 15) is 18.8 Å². The van der Waals surface area contributed by atoms with Crippen LogP contribution in [0.2, 0.25) is 0 Å². The van der Waals surface area contributed by atoms with E-state index in [-0.39, 0.29) is 28.9 Å². The van der Waals surface area contributed by atoms with Crippen LogP contribution in [0.5, 0.6) is 0 Å². The fourth-order valence-electron chi connectivity index (χ4n) is 2.70. The van der Waals surface area contributed by atoms with Crippen LogP contribution in [0, 0.1) is 11.7 Å². The SMILES string of the molecule is CC(C)CN1C(=O)c2ccc(C(=O)Nc3ccc(F)cc3)cc2C1=O. The van der Waals surface area contributed by atoms with Gasteiger partial charge in [-0.05, 0) is 48.4 Å². The van der Waals surface area contributed by atoms with Crippen LogP contribution >= 0.6 is 0 Å². The van der Waals surface area contributed by atoms with E-state index >= 15 is 0 Å². The molecule has 0 radical (unpaired) electrons. The molecule has 6 heteroatoms. The zero-order chi connectivity index (χ0) is 18.1. The minimum atomic E-state index is -0.433. The van der Waals surface area contributed by atoms with Crippen molar-refractivity contribution in [3.63, 3.8) is 0 Å². The number of rotatable bonds is 4. The second kappa shape index (κ2) is 6.47. The van der Waals surface area contributed by atoms with Crippen LogP contribution in [0.3, 0.4) is 0 Å². The Morgan fingerprint density at radius 2 is 1.68 bits per heavy atom. The molecule has 1 aliphatic heterocycles. The van der Waals surface area contributed by atoms with E-state index in [1.165, 1.54) is 47.4 Å². The summed E-state index contributed by atoms with van der Waals surface area (Å²) in [6.07, 6.45) is 0. The quantitative estimate of drug-likeness (QED) is 0.868. The molecule has 3 amide bonds. The first kappa shape index (κ1) is 16.8. The van der Waals surface area contributed by atoms with Crippen molar-refractivity contribution < 1.29 is 18.8 Å². The van der Waals surface area contributed by atoms with Gasteiger partial charge < -0.3 is 5.32 Å². The Morgan fingerprint density at radius 1 is 1.04 bits per heavy atom. The van der Waals surface area contributed by atoms with Crippen molar-refractivity contribution in [1.82, 2.24) is 4.90 Å². The molecule has 0 bridgehead atoms. The normalized spacial score (nSPS) is 13.4. The Morgan fingerprint density at radius 3 is 2.32 bits per heavy atom. The summed E-state index contributed by atoms with van der Waals surface area (Å²) in [6, 6.07) is 9.79. The van der Waals surface area contributed by atoms with Gasteiger partial charge in [0.05, 0.1) is 11.1 Å². The van der Waals surface area contributed by atoms with Gasteiger partial charge in [0, 0.05) is 17.8 Å². The zero-order valence-electron chi connectivity index (χ0n) is 13.9. The maximum atomic E-state index is 12.9. The summed E-state index contributed by atoms with van der Waals surface area (Å²) in [6.45, 7) is 4.18. The number of carbonyl (C=O) groups is 3. The van der Waals surface area contributed by atoms with Crippen LogP contribution in [0.4, 0.5) is 10.1 Å². The van der Waals surface area contributed by atoms with E-state index < -0.39 is 11.7 Å². The van der Waals surface area contributed by atoms with Crippen molar-refractivity contribution in [2.75, 3.05) is 11.9 Å². The molecule has 3 rings (SSSR count). The van der Waals surface area contributed by atoms with Gasteiger partial charge in [0.2, 0.25) is 0 Å². The van der Waals surface area contributed by atoms with E-state index in [1.807, 2.05) is 13.8 Å². The average molecular weight is 340 g/mol. The van der Waals surface area contributed by atoms with Gasteiger partial charge in [-0.3, -0.25) is 19.3 Å². The summed E-state index contributed by atoms with van der Waals surface area (Å²) in [5.74, 6) is -1.39. The fourth-order valence-corrected chi connectivity index (χ4v) is 2.70. The lowest BCUT2D eigenvalue weighted by atomic mass is 10.1. The number of carbonyl (C=O) groups excluding carboxylic acids is 3. The molecule has 2 aromatic rings. The predicted molar refractivity (Wildman–Crippen MR) is 91.0 cm³/mol. The summed E-state index contributed by atoms with van der Waals surface area (Å²) in [7, 11) is 0. The van der Waals surface area contributed by atoms with E-state index in [1.54, 1.807) is 0 Å². The van der Waals surface area contributed by atoms with Gasteiger partial charge in [0.15, 0.2) is 0 Å². The fraction of sp³-hybridized carbons (Fsp3) is 0.211. The number of nitrogens with zero attached hydrogens (tertiary/aromatic N) is 1. The molecule has 0 aliphatic carbocycles. The van der Waals surface area contributed by atoms with Crippen LogP contribution < -0.4 is 5.32 Å². The summed E-state index contributed by atoms with van der Waals surface area (Å²) in [5.41, 5.74) is 1.24. The molecular formula is C19H17FN2O3. The van der Waals surface area contributed by atoms with Gasteiger partial charge in [-0.25, -0.2) is 4.39 Å². The van der Waals surface area contributed by atoms with Gasteiger partial charge in [0.1, 0.15) is 5.82 Å². The van der Waals surface area contributed by atoms with E-state index in [4.69, 9.17) is 0 Å². The Balaban J connectivity index is 1.84. The van der Waals surface area contributed by atoms with Gasteiger partial charge in [-0.1, -0.05) is 13.8 Å². The first-order valence-corrected chi connectivity index (χ1v) is 7.94. The van der Waals surface area contributed by atoms with Gasteiger partial charge >= 0.3 is 0 Å². The second-order valence-corrected chi connectivity index (χ2v) is 6.34. The molecule has 1 N–H and O–H groups in total. The van der Waals surface area contributed by atoms with E-state index in [0.29, 0.717) is 17.8 Å². The van der Waals surface area contributed by atoms with Crippen LogP contribution in [-0.4, -0.2) is 29.2 Å². The summed E-state index contributed by atoms with van der Waals surface area (Å²) in [4.78, 5) is 38.3. The van der Waals surface area contributed by atoms with Crippen molar-refractivity contribution in [1.29, 1.82) is 0 Å². The molecule has 1 aliphatic rings. The summed E-state index contributed by atoms with van der Waals surface area (Å²) in [5, 5.41) is 2.63. The largest absolute Gasteiger partial charge is 0.322 e. The van der Waals surface area contributed by atoms with Gasteiger partial charge in [-0.2, -0.15) is 0 Å². The third-order valence-electron chi connectivity index (χ3n) is 3.88. The standard InChI is InChI=1S/C19H17FN2O3/c1-11(2)10-22-18(24)15-8-3-12(9-16(15)19(22)25)17(23)21-14-6-4-13(20)5-7-14/h3-9,11H,10H2,1-2H3,(H,21,23). The number of fused-ring (bicyclic) bond motifs is 1. The maximum Gasteiger partial charge on any atom is 0.261 e. The molecule has 25 heavy (non-hydrogen) atoms. The first-order chi connectivity index (χ1) is 11.9. The van der Waals surface area contributed by atoms with E-state index in [2.05, 4.69) is 5.32 Å². The highest BCUT2D eigenvalue weighted by molar-refractivity contribution is 6.22. The van der Waals surface area contributed by atoms with Crippen LogP contribution in [0.1, 0.15) is 44.9 Å². The number of imide groups is 1. The Hall–Kier alpha value is -3.02. The van der Waals surface area contributed by atoms with Crippen molar-refractivity contribution in [3.8, 4) is 0 Å². The van der Waals surface area contributed by atoms with Crippen LogP contribution in [0.15, 0.2) is 42.5 Å². The Kier molecular flexibility index (Phi) is 4.35. The highest BCUT2D eigenvalue weighted by atomic mass is 19.1. The first-order valence-electron chi connectivity index (χ1n) is 7.94. The monoisotopic (exact) mass is 340 g/mol. The highest BCUT2D eigenvalue weighted by Gasteiger charge is 2.36. The molecule has 5 nitrogen and oxygen atoms in total. The minimum Gasteiger partial charge on any atom is -0.322 e. The third-order valence-corrected chi connectivity index (χ3v) is 3.88.